The molecular weight excluding hydrogens is 356 g/mol. The third-order valence-corrected chi connectivity index (χ3v) is 4.63. The molecule has 0 aliphatic rings. The van der Waals surface area contributed by atoms with Crippen molar-refractivity contribution in [2.75, 3.05) is 5.73 Å². The number of nitrogens with zero attached hydrogens (tertiary/aromatic N) is 2. The molecule has 5 rings (SSSR count). The van der Waals surface area contributed by atoms with Gasteiger partial charge in [0.05, 0.1) is 23.3 Å². The molecule has 138 valence electrons. The molecule has 3 N–H and O–H groups in total. The maximum atomic E-state index is 12.5. The number of rotatable bonds is 4. The van der Waals surface area contributed by atoms with Crippen molar-refractivity contribution >= 4 is 28.1 Å². The number of benzene rings is 1. The maximum absolute atomic E-state index is 12.5. The van der Waals surface area contributed by atoms with Crippen LogP contribution in [-0.4, -0.2) is 15.5 Å². The van der Waals surface area contributed by atoms with Crippen LogP contribution >= 0.6 is 0 Å². The fourth-order valence-electron chi connectivity index (χ4n) is 3.21. The molecule has 0 fully saturated rings. The number of pyridine rings is 1. The lowest BCUT2D eigenvalue weighted by molar-refractivity contribution is 0.0951. The highest BCUT2D eigenvalue weighted by Crippen LogP contribution is 2.28. The number of nitrogens with two attached hydrogens (primary N) is 1. The quantitative estimate of drug-likeness (QED) is 0.499. The number of amides is 1. The molecule has 0 saturated carbocycles. The molecule has 0 aliphatic carbocycles. The van der Waals surface area contributed by atoms with Gasteiger partial charge in [-0.1, -0.05) is 29.4 Å². The van der Waals surface area contributed by atoms with Gasteiger partial charge >= 0.3 is 0 Å². The molecule has 1 amide bonds. The Balaban J connectivity index is 1.33. The van der Waals surface area contributed by atoms with E-state index >= 15 is 0 Å². The van der Waals surface area contributed by atoms with E-state index in [0.29, 0.717) is 28.5 Å². The van der Waals surface area contributed by atoms with Gasteiger partial charge in [0, 0.05) is 23.8 Å². The van der Waals surface area contributed by atoms with Gasteiger partial charge in [-0.25, -0.2) is 0 Å². The summed E-state index contributed by atoms with van der Waals surface area (Å²) in [6.07, 6.45) is 3.56. The highest BCUT2D eigenvalue weighted by atomic mass is 16.5. The summed E-state index contributed by atoms with van der Waals surface area (Å²) in [5.74, 6) is 0.832. The van der Waals surface area contributed by atoms with Crippen LogP contribution in [0, 0.1) is 0 Å². The largest absolute Gasteiger partial charge is 0.453 e. The van der Waals surface area contributed by atoms with Crippen molar-refractivity contribution in [2.24, 2.45) is 0 Å². The summed E-state index contributed by atoms with van der Waals surface area (Å²) in [6, 6.07) is 17.0. The Bertz CT molecular complexity index is 1280. The van der Waals surface area contributed by atoms with Crippen molar-refractivity contribution in [2.45, 2.75) is 6.54 Å². The van der Waals surface area contributed by atoms with E-state index < -0.39 is 0 Å². The molecule has 7 nitrogen and oxygen atoms in total. The number of hydrogen-bond donors (Lipinski definition) is 2. The molecule has 28 heavy (non-hydrogen) atoms. The summed E-state index contributed by atoms with van der Waals surface area (Å²) in [5.41, 5.74) is 9.13. The highest BCUT2D eigenvalue weighted by molar-refractivity contribution is 6.03. The van der Waals surface area contributed by atoms with Crippen LogP contribution in [0.3, 0.4) is 0 Å². The summed E-state index contributed by atoms with van der Waals surface area (Å²) in [5, 5.41) is 7.82. The van der Waals surface area contributed by atoms with Gasteiger partial charge in [-0.15, -0.1) is 0 Å². The number of carbonyl (C=O) groups excluding carboxylic acids is 1. The minimum atomic E-state index is -0.269. The van der Waals surface area contributed by atoms with Gasteiger partial charge in [-0.3, -0.25) is 4.79 Å². The SMILES string of the molecule is Nc1c(C(=O)NCc2cc(-c3cc4ccccc4o3)on2)cn2ccccc12. The smallest absolute Gasteiger partial charge is 0.255 e. The van der Waals surface area contributed by atoms with Crippen molar-refractivity contribution in [3.63, 3.8) is 0 Å². The first-order chi connectivity index (χ1) is 13.7. The molecule has 0 bridgehead atoms. The number of fused-ring (bicyclic) bond motifs is 2. The Labute approximate surface area is 159 Å². The summed E-state index contributed by atoms with van der Waals surface area (Å²) >= 11 is 0. The number of para-hydroxylation sites is 1. The zero-order chi connectivity index (χ0) is 19.1. The van der Waals surface area contributed by atoms with Crippen LogP contribution in [0.5, 0.6) is 0 Å². The first-order valence-corrected chi connectivity index (χ1v) is 8.77. The van der Waals surface area contributed by atoms with E-state index in [1.165, 1.54) is 0 Å². The van der Waals surface area contributed by atoms with Crippen molar-refractivity contribution in [1.82, 2.24) is 14.9 Å². The summed E-state index contributed by atoms with van der Waals surface area (Å²) in [4.78, 5) is 12.5. The maximum Gasteiger partial charge on any atom is 0.255 e. The topological polar surface area (TPSA) is 98.7 Å². The van der Waals surface area contributed by atoms with Gasteiger partial charge < -0.3 is 24.4 Å². The Morgan fingerprint density at radius 1 is 1.11 bits per heavy atom. The summed E-state index contributed by atoms with van der Waals surface area (Å²) < 4.78 is 13.0. The Kier molecular flexibility index (Phi) is 3.65. The molecule has 7 heteroatoms. The number of aromatic nitrogens is 2. The van der Waals surface area contributed by atoms with Crippen molar-refractivity contribution in [3.8, 4) is 11.5 Å². The first-order valence-electron chi connectivity index (χ1n) is 8.77. The summed E-state index contributed by atoms with van der Waals surface area (Å²) in [6.45, 7) is 0.216. The molecule has 5 aromatic rings. The minimum absolute atomic E-state index is 0.216. The number of nitrogen functional groups attached to an aromatic ring is 1. The average Bonchev–Trinajstić information content (AvgIpc) is 3.43. The third kappa shape index (κ3) is 2.69. The Morgan fingerprint density at radius 3 is 2.82 bits per heavy atom. The van der Waals surface area contributed by atoms with Gasteiger partial charge in [-0.2, -0.15) is 0 Å². The fourth-order valence-corrected chi connectivity index (χ4v) is 3.21. The van der Waals surface area contributed by atoms with Crippen LogP contribution in [-0.2, 0) is 6.54 Å². The van der Waals surface area contributed by atoms with E-state index in [1.54, 1.807) is 12.3 Å². The molecule has 4 aromatic heterocycles. The van der Waals surface area contributed by atoms with Crippen LogP contribution in [0.2, 0.25) is 0 Å². The lowest BCUT2D eigenvalue weighted by Crippen LogP contribution is -2.23. The molecule has 0 spiro atoms. The number of carbonyl (C=O) groups is 1. The zero-order valence-electron chi connectivity index (χ0n) is 14.8. The highest BCUT2D eigenvalue weighted by Gasteiger charge is 2.16. The van der Waals surface area contributed by atoms with E-state index in [4.69, 9.17) is 14.7 Å². The van der Waals surface area contributed by atoms with Crippen molar-refractivity contribution < 1.29 is 13.7 Å². The fraction of sp³-hybridized carbons (Fsp3) is 0.0476. The van der Waals surface area contributed by atoms with E-state index in [0.717, 1.165) is 16.5 Å². The molecule has 1 aromatic carbocycles. The van der Waals surface area contributed by atoms with Crippen LogP contribution in [0.1, 0.15) is 16.1 Å². The average molecular weight is 372 g/mol. The van der Waals surface area contributed by atoms with E-state index in [2.05, 4.69) is 10.5 Å². The summed E-state index contributed by atoms with van der Waals surface area (Å²) in [7, 11) is 0. The standard InChI is InChI=1S/C21H16N4O3/c22-20-15(12-25-8-4-3-6-16(20)25)21(26)23-11-14-10-19(28-24-14)18-9-13-5-1-2-7-17(13)27-18/h1-10,12H,11,22H2,(H,23,26). The predicted octanol–water partition coefficient (Wildman–Crippen LogP) is 3.85. The molecule has 4 heterocycles. The Hall–Kier alpha value is -4.00. The van der Waals surface area contributed by atoms with Crippen molar-refractivity contribution in [3.05, 3.63) is 78.2 Å². The van der Waals surface area contributed by atoms with E-state index in [1.807, 2.05) is 59.1 Å². The third-order valence-electron chi connectivity index (χ3n) is 4.63. The second kappa shape index (κ2) is 6.31. The predicted molar refractivity (Wildman–Crippen MR) is 105 cm³/mol. The van der Waals surface area contributed by atoms with Crippen LogP contribution in [0.15, 0.2) is 75.9 Å². The molecule has 0 radical (unpaired) electrons. The monoisotopic (exact) mass is 372 g/mol. The van der Waals surface area contributed by atoms with Gasteiger partial charge in [0.25, 0.3) is 5.91 Å². The van der Waals surface area contributed by atoms with Gasteiger partial charge in [-0.05, 0) is 24.3 Å². The number of furan rings is 1. The van der Waals surface area contributed by atoms with E-state index in [-0.39, 0.29) is 12.5 Å². The molecular formula is C21H16N4O3. The molecule has 0 aliphatic heterocycles. The second-order valence-electron chi connectivity index (χ2n) is 6.46. The van der Waals surface area contributed by atoms with Crippen molar-refractivity contribution in [1.29, 1.82) is 0 Å². The Morgan fingerprint density at radius 2 is 1.96 bits per heavy atom. The van der Waals surface area contributed by atoms with Gasteiger partial charge in [0.1, 0.15) is 11.3 Å². The number of hydrogen-bond acceptors (Lipinski definition) is 5. The first kappa shape index (κ1) is 16.2. The van der Waals surface area contributed by atoms with Gasteiger partial charge in [0.2, 0.25) is 5.76 Å². The number of nitrogens with one attached hydrogen (secondary N) is 1. The van der Waals surface area contributed by atoms with E-state index in [9.17, 15) is 4.79 Å². The minimum Gasteiger partial charge on any atom is -0.453 e. The van der Waals surface area contributed by atoms with Crippen LogP contribution < -0.4 is 11.1 Å². The molecule has 0 atom stereocenters. The number of anilines is 1. The van der Waals surface area contributed by atoms with Crippen LogP contribution in [0.4, 0.5) is 5.69 Å². The normalized spacial score (nSPS) is 11.3. The lowest BCUT2D eigenvalue weighted by atomic mass is 10.2. The van der Waals surface area contributed by atoms with Crippen LogP contribution in [0.25, 0.3) is 28.0 Å². The van der Waals surface area contributed by atoms with Gasteiger partial charge in [0.15, 0.2) is 5.76 Å². The molecule has 0 saturated heterocycles. The molecule has 0 unspecified atom stereocenters. The lowest BCUT2D eigenvalue weighted by Gasteiger charge is -2.01. The second-order valence-corrected chi connectivity index (χ2v) is 6.46. The zero-order valence-corrected chi connectivity index (χ0v) is 14.8.